The van der Waals surface area contributed by atoms with E-state index in [1.54, 1.807) is 20.3 Å². The molecule has 0 spiro atoms. The van der Waals surface area contributed by atoms with Gasteiger partial charge in [-0.25, -0.2) is 0 Å². The summed E-state index contributed by atoms with van der Waals surface area (Å²) in [6.07, 6.45) is 3.55. The highest BCUT2D eigenvalue weighted by atomic mass is 16.5. The molecule has 0 aliphatic rings. The van der Waals surface area contributed by atoms with Gasteiger partial charge in [0.2, 0.25) is 5.91 Å². The number of nitrogens with zero attached hydrogens (tertiary/aromatic N) is 1. The second-order valence-electron chi connectivity index (χ2n) is 9.53. The van der Waals surface area contributed by atoms with E-state index < -0.39 is 0 Å². The maximum atomic E-state index is 11.5. The van der Waals surface area contributed by atoms with Crippen LogP contribution in [0.1, 0.15) is 68.3 Å². The number of ether oxygens (including phenoxy) is 3. The number of carbonyl (C=O) groups excluding carboxylic acids is 1. The Kier molecular flexibility index (Phi) is 16.2. The zero-order chi connectivity index (χ0) is 28.5. The first kappa shape index (κ1) is 33.3. The molecule has 38 heavy (non-hydrogen) atoms. The van der Waals surface area contributed by atoms with Crippen molar-refractivity contribution in [3.63, 3.8) is 0 Å². The fourth-order valence-electron chi connectivity index (χ4n) is 4.03. The minimum Gasteiger partial charge on any atom is -0.493 e. The number of nitrogens with one attached hydrogen (secondary N) is 2. The monoisotopic (exact) mass is 529 g/mol. The molecule has 0 saturated heterocycles. The largest absolute Gasteiger partial charge is 0.493 e. The van der Waals surface area contributed by atoms with Crippen LogP contribution in [0.2, 0.25) is 0 Å². The minimum absolute atomic E-state index is 0.0269. The molecule has 214 valence electrons. The summed E-state index contributed by atoms with van der Waals surface area (Å²) < 4.78 is 16.3. The van der Waals surface area contributed by atoms with E-state index >= 15 is 0 Å². The average Bonchev–Trinajstić information content (AvgIpc) is 2.93. The van der Waals surface area contributed by atoms with Gasteiger partial charge in [-0.05, 0) is 108 Å². The Morgan fingerprint density at radius 3 is 2.24 bits per heavy atom. The quantitative estimate of drug-likeness (QED) is 0.298. The molecular weight excluding hydrogens is 478 g/mol. The van der Waals surface area contributed by atoms with Crippen LogP contribution in [-0.2, 0) is 11.2 Å². The SMILES string of the molecule is CCCNC(=O)Cc1ccc(OC)c(OC)c1.CCN(C)C(C)c1ccc(OCCCCNC)c(C)c1C. The maximum absolute atomic E-state index is 11.5. The average molecular weight is 530 g/mol. The Balaban J connectivity index is 0.000000389. The first-order valence-electron chi connectivity index (χ1n) is 13.8. The van der Waals surface area contributed by atoms with Crippen molar-refractivity contribution in [1.29, 1.82) is 0 Å². The summed E-state index contributed by atoms with van der Waals surface area (Å²) in [5.74, 6) is 2.38. The van der Waals surface area contributed by atoms with Crippen molar-refractivity contribution in [3.8, 4) is 17.2 Å². The molecule has 0 radical (unpaired) electrons. The van der Waals surface area contributed by atoms with E-state index in [9.17, 15) is 4.79 Å². The van der Waals surface area contributed by atoms with Gasteiger partial charge in [0.25, 0.3) is 0 Å². The molecular formula is C31H51N3O4. The predicted octanol–water partition coefficient (Wildman–Crippen LogP) is 5.47. The smallest absolute Gasteiger partial charge is 0.224 e. The summed E-state index contributed by atoms with van der Waals surface area (Å²) in [4.78, 5) is 13.9. The number of hydrogen-bond donors (Lipinski definition) is 2. The Morgan fingerprint density at radius 1 is 0.947 bits per heavy atom. The molecule has 7 nitrogen and oxygen atoms in total. The van der Waals surface area contributed by atoms with Crippen LogP contribution in [0.15, 0.2) is 30.3 Å². The topological polar surface area (TPSA) is 72.1 Å². The van der Waals surface area contributed by atoms with Crippen molar-refractivity contribution in [2.75, 3.05) is 54.6 Å². The van der Waals surface area contributed by atoms with Gasteiger partial charge in [-0.15, -0.1) is 0 Å². The van der Waals surface area contributed by atoms with Crippen molar-refractivity contribution < 1.29 is 19.0 Å². The highest BCUT2D eigenvalue weighted by Crippen LogP contribution is 2.30. The molecule has 0 aliphatic heterocycles. The van der Waals surface area contributed by atoms with Crippen LogP contribution in [0.25, 0.3) is 0 Å². The van der Waals surface area contributed by atoms with Crippen LogP contribution < -0.4 is 24.8 Å². The van der Waals surface area contributed by atoms with Gasteiger partial charge < -0.3 is 24.8 Å². The van der Waals surface area contributed by atoms with Crippen LogP contribution >= 0.6 is 0 Å². The van der Waals surface area contributed by atoms with Crippen LogP contribution in [-0.4, -0.2) is 65.4 Å². The van der Waals surface area contributed by atoms with Gasteiger partial charge in [0.15, 0.2) is 11.5 Å². The van der Waals surface area contributed by atoms with Gasteiger partial charge in [-0.3, -0.25) is 9.69 Å². The fourth-order valence-corrected chi connectivity index (χ4v) is 4.03. The lowest BCUT2D eigenvalue weighted by Gasteiger charge is -2.26. The number of rotatable bonds is 15. The molecule has 0 fully saturated rings. The van der Waals surface area contributed by atoms with Crippen molar-refractivity contribution in [2.45, 2.75) is 66.3 Å². The Morgan fingerprint density at radius 2 is 1.63 bits per heavy atom. The predicted molar refractivity (Wildman–Crippen MR) is 158 cm³/mol. The van der Waals surface area contributed by atoms with Crippen LogP contribution in [0.4, 0.5) is 0 Å². The molecule has 1 unspecified atom stereocenters. The second kappa shape index (κ2) is 18.5. The third-order valence-corrected chi connectivity index (χ3v) is 6.85. The van der Waals surface area contributed by atoms with E-state index in [-0.39, 0.29) is 5.91 Å². The normalized spacial score (nSPS) is 11.4. The number of methoxy groups -OCH3 is 2. The molecule has 1 atom stereocenters. The molecule has 0 aliphatic carbocycles. The van der Waals surface area contributed by atoms with Gasteiger partial charge in [-0.1, -0.05) is 26.0 Å². The highest BCUT2D eigenvalue weighted by Gasteiger charge is 2.15. The van der Waals surface area contributed by atoms with Crippen LogP contribution in [0.5, 0.6) is 17.2 Å². The second-order valence-corrected chi connectivity index (χ2v) is 9.53. The lowest BCUT2D eigenvalue weighted by molar-refractivity contribution is -0.120. The molecule has 0 bridgehead atoms. The number of unbranched alkanes of at least 4 members (excludes halogenated alkanes) is 1. The Bertz CT molecular complexity index is 964. The van der Waals surface area contributed by atoms with Crippen molar-refractivity contribution in [3.05, 3.63) is 52.6 Å². The summed E-state index contributed by atoms with van der Waals surface area (Å²) >= 11 is 0. The molecule has 7 heteroatoms. The number of hydrogen-bond acceptors (Lipinski definition) is 6. The van der Waals surface area contributed by atoms with E-state index in [0.29, 0.717) is 30.5 Å². The lowest BCUT2D eigenvalue weighted by atomic mass is 9.97. The van der Waals surface area contributed by atoms with Crippen molar-refractivity contribution >= 4 is 5.91 Å². The molecule has 2 rings (SSSR count). The molecule has 1 amide bonds. The highest BCUT2D eigenvalue weighted by molar-refractivity contribution is 5.78. The number of amides is 1. The van der Waals surface area contributed by atoms with E-state index in [1.807, 2.05) is 26.1 Å². The number of benzene rings is 2. The Hall–Kier alpha value is -2.77. The van der Waals surface area contributed by atoms with Gasteiger partial charge in [0.1, 0.15) is 5.75 Å². The zero-order valence-electron chi connectivity index (χ0n) is 25.2. The molecule has 2 N–H and O–H groups in total. The molecule has 2 aromatic rings. The summed E-state index contributed by atoms with van der Waals surface area (Å²) in [5, 5.41) is 6.00. The summed E-state index contributed by atoms with van der Waals surface area (Å²) in [5.41, 5.74) is 4.95. The molecule has 0 saturated carbocycles. The van der Waals surface area contributed by atoms with E-state index in [1.165, 1.54) is 16.7 Å². The lowest BCUT2D eigenvalue weighted by Crippen LogP contribution is -2.25. The maximum Gasteiger partial charge on any atom is 0.224 e. The summed E-state index contributed by atoms with van der Waals surface area (Å²) in [6.45, 7) is 14.5. The molecule has 0 aromatic heterocycles. The van der Waals surface area contributed by atoms with E-state index in [0.717, 1.165) is 50.3 Å². The summed E-state index contributed by atoms with van der Waals surface area (Å²) in [6, 6.07) is 10.3. The Labute approximate surface area is 231 Å². The molecule has 2 aromatic carbocycles. The standard InChI is InChI=1S/C18H32N2O.C13H19NO3/c1-7-20(6)16(4)17-10-11-18(15(3)14(17)2)21-13-9-8-12-19-5;1-4-7-14-13(15)9-10-5-6-11(16-2)12(8-10)17-3/h10-11,16,19H,7-9,12-13H2,1-6H3;5-6,8H,4,7,9H2,1-3H3,(H,14,15). The van der Waals surface area contributed by atoms with Crippen molar-refractivity contribution in [2.24, 2.45) is 0 Å². The van der Waals surface area contributed by atoms with Gasteiger partial charge in [0, 0.05) is 12.6 Å². The van der Waals surface area contributed by atoms with Gasteiger partial charge >= 0.3 is 0 Å². The van der Waals surface area contributed by atoms with Crippen LogP contribution in [0, 0.1) is 13.8 Å². The third-order valence-electron chi connectivity index (χ3n) is 6.85. The first-order valence-corrected chi connectivity index (χ1v) is 13.8. The van der Waals surface area contributed by atoms with Crippen molar-refractivity contribution in [1.82, 2.24) is 15.5 Å². The van der Waals surface area contributed by atoms with E-state index in [4.69, 9.17) is 14.2 Å². The van der Waals surface area contributed by atoms with Gasteiger partial charge in [0.05, 0.1) is 27.2 Å². The zero-order valence-corrected chi connectivity index (χ0v) is 25.2. The summed E-state index contributed by atoms with van der Waals surface area (Å²) in [7, 11) is 7.33. The van der Waals surface area contributed by atoms with E-state index in [2.05, 4.69) is 62.4 Å². The van der Waals surface area contributed by atoms with Crippen LogP contribution in [0.3, 0.4) is 0 Å². The fraction of sp³-hybridized carbons (Fsp3) is 0.581. The first-order chi connectivity index (χ1) is 18.2. The molecule has 0 heterocycles. The minimum atomic E-state index is 0.0269. The number of carbonyl (C=O) groups is 1. The van der Waals surface area contributed by atoms with Gasteiger partial charge in [-0.2, -0.15) is 0 Å². The third kappa shape index (κ3) is 10.9.